The highest BCUT2D eigenvalue weighted by Gasteiger charge is 2.20. The van der Waals surface area contributed by atoms with Gasteiger partial charge in [-0.1, -0.05) is 71.0 Å². The summed E-state index contributed by atoms with van der Waals surface area (Å²) in [7, 11) is 0. The molecule has 0 fully saturated rings. The van der Waals surface area contributed by atoms with E-state index in [0.717, 1.165) is 52.7 Å². The van der Waals surface area contributed by atoms with Gasteiger partial charge in [-0.25, -0.2) is 0 Å². The Morgan fingerprint density at radius 1 is 0.585 bits per heavy atom. The average Bonchev–Trinajstić information content (AvgIpc) is 2.96. The Labute approximate surface area is 247 Å². The molecular formula is C38H46O3. The van der Waals surface area contributed by atoms with Crippen molar-refractivity contribution in [3.05, 3.63) is 113 Å². The van der Waals surface area contributed by atoms with Gasteiger partial charge in [-0.05, 0) is 122 Å². The summed E-state index contributed by atoms with van der Waals surface area (Å²) < 4.78 is 18.6. The van der Waals surface area contributed by atoms with Crippen molar-refractivity contribution in [2.45, 2.75) is 92.1 Å². The minimum Gasteiger partial charge on any atom is -0.488 e. The third-order valence-corrected chi connectivity index (χ3v) is 8.44. The summed E-state index contributed by atoms with van der Waals surface area (Å²) in [5, 5.41) is 0. The van der Waals surface area contributed by atoms with Crippen LogP contribution in [0.25, 0.3) is 0 Å². The second-order valence-electron chi connectivity index (χ2n) is 12.4. The first kappa shape index (κ1) is 30.2. The second kappa shape index (κ2) is 12.4. The molecule has 1 atom stereocenters. The molecule has 0 aliphatic heterocycles. The molecule has 3 heteroatoms. The molecule has 0 bridgehead atoms. The van der Waals surface area contributed by atoms with Gasteiger partial charge in [0.2, 0.25) is 0 Å². The third kappa shape index (κ3) is 7.52. The molecule has 3 nitrogen and oxygen atoms in total. The second-order valence-corrected chi connectivity index (χ2v) is 12.4. The van der Waals surface area contributed by atoms with E-state index >= 15 is 0 Å². The van der Waals surface area contributed by atoms with Crippen LogP contribution in [0.15, 0.2) is 84.9 Å². The van der Waals surface area contributed by atoms with E-state index < -0.39 is 0 Å². The van der Waals surface area contributed by atoms with Gasteiger partial charge in [0.1, 0.15) is 34.3 Å². The van der Waals surface area contributed by atoms with Gasteiger partial charge in [0.05, 0.1) is 0 Å². The Morgan fingerprint density at radius 2 is 1.05 bits per heavy atom. The largest absolute Gasteiger partial charge is 0.488 e. The highest BCUT2D eigenvalue weighted by Crippen LogP contribution is 2.35. The van der Waals surface area contributed by atoms with Crippen LogP contribution in [-0.4, -0.2) is 5.60 Å². The summed E-state index contributed by atoms with van der Waals surface area (Å²) in [4.78, 5) is 0. The van der Waals surface area contributed by atoms with E-state index in [9.17, 15) is 0 Å². The number of hydrogen-bond donors (Lipinski definition) is 0. The van der Waals surface area contributed by atoms with Crippen molar-refractivity contribution in [2.24, 2.45) is 0 Å². The van der Waals surface area contributed by atoms with Crippen molar-refractivity contribution >= 4 is 0 Å². The first-order valence-electron chi connectivity index (χ1n) is 14.9. The number of benzene rings is 4. The van der Waals surface area contributed by atoms with Gasteiger partial charge in [0.25, 0.3) is 0 Å². The van der Waals surface area contributed by atoms with E-state index in [-0.39, 0.29) is 16.9 Å². The van der Waals surface area contributed by atoms with Crippen molar-refractivity contribution in [3.8, 4) is 28.7 Å². The molecule has 0 radical (unpaired) electrons. The molecule has 0 saturated heterocycles. The Balaban J connectivity index is 1.40. The van der Waals surface area contributed by atoms with Crippen molar-refractivity contribution < 1.29 is 14.2 Å². The van der Waals surface area contributed by atoms with Crippen LogP contribution in [0.1, 0.15) is 95.0 Å². The number of aryl methyl sites for hydroxylation is 2. The fourth-order valence-electron chi connectivity index (χ4n) is 4.69. The van der Waals surface area contributed by atoms with Crippen molar-refractivity contribution in [1.82, 2.24) is 0 Å². The molecule has 4 aromatic carbocycles. The topological polar surface area (TPSA) is 27.7 Å². The van der Waals surface area contributed by atoms with Crippen LogP contribution in [-0.2, 0) is 5.41 Å². The minimum absolute atomic E-state index is 0.164. The SMILES string of the molecule is CCC(C)(C)Oc1ccc(C(C)c2ccc(Oc3ccc(Oc4ccc(C(C)(C)CC)cc4)cc3)c(C)c2)cc1C. The van der Waals surface area contributed by atoms with Crippen molar-refractivity contribution in [3.63, 3.8) is 0 Å². The lowest BCUT2D eigenvalue weighted by molar-refractivity contribution is 0.104. The lowest BCUT2D eigenvalue weighted by atomic mass is 9.82. The molecule has 0 heterocycles. The summed E-state index contributed by atoms with van der Waals surface area (Å²) in [5.41, 5.74) is 6.11. The third-order valence-electron chi connectivity index (χ3n) is 8.44. The first-order valence-corrected chi connectivity index (χ1v) is 14.9. The highest BCUT2D eigenvalue weighted by molar-refractivity contribution is 5.46. The monoisotopic (exact) mass is 550 g/mol. The van der Waals surface area contributed by atoms with Crippen LogP contribution >= 0.6 is 0 Å². The van der Waals surface area contributed by atoms with Gasteiger partial charge in [0, 0.05) is 5.92 Å². The van der Waals surface area contributed by atoms with Gasteiger partial charge < -0.3 is 14.2 Å². The van der Waals surface area contributed by atoms with Gasteiger partial charge >= 0.3 is 0 Å². The Hall–Kier alpha value is -3.72. The van der Waals surface area contributed by atoms with Gasteiger partial charge in [-0.15, -0.1) is 0 Å². The van der Waals surface area contributed by atoms with E-state index in [1.807, 2.05) is 36.4 Å². The fraction of sp³-hybridized carbons (Fsp3) is 0.368. The standard InChI is InChI=1S/C38H46O3/c1-10-37(6,7)31-14-16-32(17-15-31)39-33-18-20-34(21-19-33)40-35-22-12-29(24-26(35)3)28(5)30-13-23-36(27(4)25-30)41-38(8,9)11-2/h12-25,28H,10-11H2,1-9H3. The summed E-state index contributed by atoms with van der Waals surface area (Å²) >= 11 is 0. The Bertz CT molecular complexity index is 1450. The van der Waals surface area contributed by atoms with E-state index in [0.29, 0.717) is 0 Å². The molecule has 0 saturated carbocycles. The van der Waals surface area contributed by atoms with Gasteiger partial charge in [0.15, 0.2) is 0 Å². The summed E-state index contributed by atoms with van der Waals surface area (Å²) in [6.07, 6.45) is 2.06. The van der Waals surface area contributed by atoms with E-state index in [2.05, 4.69) is 111 Å². The van der Waals surface area contributed by atoms with Crippen LogP contribution < -0.4 is 14.2 Å². The summed E-state index contributed by atoms with van der Waals surface area (Å²) in [5.74, 6) is 4.46. The van der Waals surface area contributed by atoms with Crippen LogP contribution in [0.5, 0.6) is 28.7 Å². The molecule has 4 rings (SSSR count). The van der Waals surface area contributed by atoms with Crippen molar-refractivity contribution in [2.75, 3.05) is 0 Å². The van der Waals surface area contributed by atoms with Crippen LogP contribution in [0, 0.1) is 13.8 Å². The molecule has 0 spiro atoms. The van der Waals surface area contributed by atoms with Crippen LogP contribution in [0.2, 0.25) is 0 Å². The van der Waals surface area contributed by atoms with Crippen LogP contribution in [0.4, 0.5) is 0 Å². The average molecular weight is 551 g/mol. The minimum atomic E-state index is -0.170. The zero-order valence-electron chi connectivity index (χ0n) is 26.3. The zero-order valence-corrected chi connectivity index (χ0v) is 26.3. The zero-order chi connectivity index (χ0) is 29.8. The van der Waals surface area contributed by atoms with Crippen LogP contribution in [0.3, 0.4) is 0 Å². The van der Waals surface area contributed by atoms with E-state index in [1.165, 1.54) is 16.7 Å². The molecule has 0 aliphatic carbocycles. The molecule has 4 aromatic rings. The maximum absolute atomic E-state index is 6.25. The molecule has 1 unspecified atom stereocenters. The molecule has 0 N–H and O–H groups in total. The smallest absolute Gasteiger partial charge is 0.130 e. The summed E-state index contributed by atoms with van der Waals surface area (Å²) in [6.45, 7) is 19.6. The highest BCUT2D eigenvalue weighted by atomic mass is 16.5. The Kier molecular flexibility index (Phi) is 9.17. The first-order chi connectivity index (χ1) is 19.4. The van der Waals surface area contributed by atoms with E-state index in [4.69, 9.17) is 14.2 Å². The quantitative estimate of drug-likeness (QED) is 0.186. The molecule has 0 aliphatic rings. The predicted molar refractivity (Wildman–Crippen MR) is 171 cm³/mol. The lowest BCUT2D eigenvalue weighted by Crippen LogP contribution is -2.27. The fourth-order valence-corrected chi connectivity index (χ4v) is 4.69. The van der Waals surface area contributed by atoms with Crippen molar-refractivity contribution in [1.29, 1.82) is 0 Å². The number of rotatable bonds is 11. The van der Waals surface area contributed by atoms with Gasteiger partial charge in [-0.2, -0.15) is 0 Å². The van der Waals surface area contributed by atoms with E-state index in [1.54, 1.807) is 0 Å². The van der Waals surface area contributed by atoms with Gasteiger partial charge in [-0.3, -0.25) is 0 Å². The maximum Gasteiger partial charge on any atom is 0.130 e. The lowest BCUT2D eigenvalue weighted by Gasteiger charge is -2.26. The molecule has 41 heavy (non-hydrogen) atoms. The number of hydrogen-bond acceptors (Lipinski definition) is 3. The summed E-state index contributed by atoms with van der Waals surface area (Å²) in [6, 6.07) is 29.2. The maximum atomic E-state index is 6.25. The molecule has 0 aromatic heterocycles. The predicted octanol–water partition coefficient (Wildman–Crippen LogP) is 11.3. The molecular weight excluding hydrogens is 504 g/mol. The normalized spacial score (nSPS) is 12.6. The molecule has 216 valence electrons. The Morgan fingerprint density at radius 3 is 1.51 bits per heavy atom. The molecule has 0 amide bonds. The number of ether oxygens (including phenoxy) is 3.